The molecule has 11 heavy (non-hydrogen) atoms. The van der Waals surface area contributed by atoms with E-state index in [1.54, 1.807) is 7.11 Å². The number of hydrogen-bond donors (Lipinski definition) is 0. The summed E-state index contributed by atoms with van der Waals surface area (Å²) in [6.45, 7) is 2.03. The Labute approximate surface area is 75.2 Å². The van der Waals surface area contributed by atoms with E-state index >= 15 is 0 Å². The number of methoxy groups -OCH3 is 1. The molecule has 0 saturated carbocycles. The summed E-state index contributed by atoms with van der Waals surface area (Å²) in [5.41, 5.74) is 0.913. The topological polar surface area (TPSA) is 22.1 Å². The Balaban J connectivity index is 2.71. The SMILES string of the molecule is CCC(Cl)c1csc(OC)n1. The van der Waals surface area contributed by atoms with Crippen LogP contribution in [0.15, 0.2) is 5.38 Å². The average molecular weight is 192 g/mol. The first-order valence-electron chi connectivity index (χ1n) is 3.41. The standard InChI is InChI=1S/C7H10ClNOS/c1-3-5(8)6-4-11-7(9-6)10-2/h4-5H,3H2,1-2H3. The second kappa shape index (κ2) is 3.93. The third-order valence-corrected chi connectivity index (χ3v) is 2.71. The van der Waals surface area contributed by atoms with Crippen LogP contribution in [0.4, 0.5) is 0 Å². The Morgan fingerprint density at radius 2 is 2.55 bits per heavy atom. The molecular weight excluding hydrogens is 182 g/mol. The van der Waals surface area contributed by atoms with Gasteiger partial charge in [-0.2, -0.15) is 0 Å². The maximum atomic E-state index is 5.95. The lowest BCUT2D eigenvalue weighted by molar-refractivity contribution is 0.410. The number of rotatable bonds is 3. The van der Waals surface area contributed by atoms with Gasteiger partial charge in [-0.1, -0.05) is 18.3 Å². The van der Waals surface area contributed by atoms with E-state index in [1.165, 1.54) is 11.3 Å². The Kier molecular flexibility index (Phi) is 3.15. The molecule has 1 atom stereocenters. The highest BCUT2D eigenvalue weighted by Gasteiger charge is 2.09. The van der Waals surface area contributed by atoms with Gasteiger partial charge in [0, 0.05) is 5.38 Å². The van der Waals surface area contributed by atoms with Crippen molar-refractivity contribution >= 4 is 22.9 Å². The highest BCUT2D eigenvalue weighted by molar-refractivity contribution is 7.11. The molecule has 1 unspecified atom stereocenters. The minimum Gasteiger partial charge on any atom is -0.473 e. The minimum absolute atomic E-state index is 0.0233. The van der Waals surface area contributed by atoms with Crippen LogP contribution in [0.25, 0.3) is 0 Å². The van der Waals surface area contributed by atoms with Crippen molar-refractivity contribution in [3.05, 3.63) is 11.1 Å². The molecule has 0 aromatic carbocycles. The van der Waals surface area contributed by atoms with Gasteiger partial charge in [0.15, 0.2) is 0 Å². The van der Waals surface area contributed by atoms with Crippen molar-refractivity contribution < 1.29 is 4.74 Å². The number of hydrogen-bond acceptors (Lipinski definition) is 3. The molecule has 1 rings (SSSR count). The molecule has 0 N–H and O–H groups in total. The number of ether oxygens (including phenoxy) is 1. The van der Waals surface area contributed by atoms with Gasteiger partial charge in [0.1, 0.15) is 0 Å². The lowest BCUT2D eigenvalue weighted by Crippen LogP contribution is -1.88. The van der Waals surface area contributed by atoms with E-state index in [1.807, 2.05) is 12.3 Å². The number of nitrogens with zero attached hydrogens (tertiary/aromatic N) is 1. The predicted molar refractivity (Wildman–Crippen MR) is 47.6 cm³/mol. The molecule has 4 heteroatoms. The Morgan fingerprint density at radius 3 is 3.00 bits per heavy atom. The largest absolute Gasteiger partial charge is 0.473 e. The molecule has 0 radical (unpaired) electrons. The van der Waals surface area contributed by atoms with Crippen LogP contribution < -0.4 is 4.74 Å². The van der Waals surface area contributed by atoms with Crippen molar-refractivity contribution in [2.24, 2.45) is 0 Å². The van der Waals surface area contributed by atoms with Crippen molar-refractivity contribution in [2.45, 2.75) is 18.7 Å². The van der Waals surface area contributed by atoms with Crippen LogP contribution in [0.2, 0.25) is 0 Å². The molecule has 0 bridgehead atoms. The molecular formula is C7H10ClNOS. The first-order valence-corrected chi connectivity index (χ1v) is 4.73. The highest BCUT2D eigenvalue weighted by Crippen LogP contribution is 2.27. The van der Waals surface area contributed by atoms with E-state index in [-0.39, 0.29) is 5.38 Å². The zero-order valence-corrected chi connectivity index (χ0v) is 8.08. The van der Waals surface area contributed by atoms with Gasteiger partial charge in [-0.05, 0) is 6.42 Å². The number of aromatic nitrogens is 1. The van der Waals surface area contributed by atoms with Crippen LogP contribution in [0.1, 0.15) is 24.4 Å². The Bertz CT molecular complexity index is 226. The summed E-state index contributed by atoms with van der Waals surface area (Å²) in [6, 6.07) is 0. The van der Waals surface area contributed by atoms with Crippen molar-refractivity contribution in [1.29, 1.82) is 0 Å². The highest BCUT2D eigenvalue weighted by atomic mass is 35.5. The summed E-state index contributed by atoms with van der Waals surface area (Å²) in [6.07, 6.45) is 0.897. The van der Waals surface area contributed by atoms with Crippen molar-refractivity contribution in [1.82, 2.24) is 4.98 Å². The van der Waals surface area contributed by atoms with E-state index in [9.17, 15) is 0 Å². The fourth-order valence-electron chi connectivity index (χ4n) is 0.716. The van der Waals surface area contributed by atoms with Crippen molar-refractivity contribution in [3.8, 4) is 5.19 Å². The average Bonchev–Trinajstić information content (AvgIpc) is 2.50. The van der Waals surface area contributed by atoms with Crippen LogP contribution in [0, 0.1) is 0 Å². The molecule has 0 saturated heterocycles. The first kappa shape index (κ1) is 8.81. The molecule has 0 spiro atoms. The fraction of sp³-hybridized carbons (Fsp3) is 0.571. The van der Waals surface area contributed by atoms with Crippen LogP contribution in [0.3, 0.4) is 0 Å². The summed E-state index contributed by atoms with van der Waals surface area (Å²) in [7, 11) is 1.61. The third-order valence-electron chi connectivity index (χ3n) is 1.35. The van der Waals surface area contributed by atoms with Crippen LogP contribution >= 0.6 is 22.9 Å². The molecule has 0 amide bonds. The van der Waals surface area contributed by atoms with Gasteiger partial charge in [-0.15, -0.1) is 11.6 Å². The van der Waals surface area contributed by atoms with E-state index in [4.69, 9.17) is 16.3 Å². The molecule has 2 nitrogen and oxygen atoms in total. The molecule has 62 valence electrons. The maximum Gasteiger partial charge on any atom is 0.273 e. The van der Waals surface area contributed by atoms with Crippen LogP contribution in [-0.4, -0.2) is 12.1 Å². The normalized spacial score (nSPS) is 13.0. The van der Waals surface area contributed by atoms with Crippen LogP contribution in [0.5, 0.6) is 5.19 Å². The van der Waals surface area contributed by atoms with E-state index in [2.05, 4.69) is 4.98 Å². The summed E-state index contributed by atoms with van der Waals surface area (Å²) in [5, 5.41) is 2.63. The number of thiazole rings is 1. The quantitative estimate of drug-likeness (QED) is 0.686. The smallest absolute Gasteiger partial charge is 0.273 e. The molecule has 0 aliphatic carbocycles. The van der Waals surface area contributed by atoms with E-state index in [0.717, 1.165) is 12.1 Å². The summed E-state index contributed by atoms with van der Waals surface area (Å²) < 4.78 is 4.94. The van der Waals surface area contributed by atoms with Gasteiger partial charge in [-0.25, -0.2) is 4.98 Å². The van der Waals surface area contributed by atoms with Gasteiger partial charge in [0.25, 0.3) is 5.19 Å². The van der Waals surface area contributed by atoms with Crippen LogP contribution in [-0.2, 0) is 0 Å². The second-order valence-corrected chi connectivity index (χ2v) is 3.47. The van der Waals surface area contributed by atoms with Gasteiger partial charge >= 0.3 is 0 Å². The number of halogens is 1. The second-order valence-electron chi connectivity index (χ2n) is 2.12. The Hall–Kier alpha value is -0.280. The van der Waals surface area contributed by atoms with E-state index in [0.29, 0.717) is 5.19 Å². The van der Waals surface area contributed by atoms with Gasteiger partial charge in [0.05, 0.1) is 18.2 Å². The summed E-state index contributed by atoms with van der Waals surface area (Å²) >= 11 is 7.43. The molecule has 0 aliphatic heterocycles. The maximum absolute atomic E-state index is 5.95. The zero-order valence-electron chi connectivity index (χ0n) is 6.50. The first-order chi connectivity index (χ1) is 5.27. The molecule has 1 heterocycles. The lowest BCUT2D eigenvalue weighted by atomic mass is 10.3. The monoisotopic (exact) mass is 191 g/mol. The fourth-order valence-corrected chi connectivity index (χ4v) is 1.60. The molecule has 1 aromatic rings. The summed E-state index contributed by atoms with van der Waals surface area (Å²) in [4.78, 5) is 4.16. The van der Waals surface area contributed by atoms with Crippen molar-refractivity contribution in [2.75, 3.05) is 7.11 Å². The van der Waals surface area contributed by atoms with Gasteiger partial charge in [0.2, 0.25) is 0 Å². The minimum atomic E-state index is 0.0233. The predicted octanol–water partition coefficient (Wildman–Crippen LogP) is 2.84. The Morgan fingerprint density at radius 1 is 1.82 bits per heavy atom. The molecule has 0 fully saturated rings. The molecule has 1 aromatic heterocycles. The lowest BCUT2D eigenvalue weighted by Gasteiger charge is -1.99. The van der Waals surface area contributed by atoms with Gasteiger partial charge < -0.3 is 4.74 Å². The zero-order chi connectivity index (χ0) is 8.27. The third kappa shape index (κ3) is 2.07. The molecule has 0 aliphatic rings. The van der Waals surface area contributed by atoms with E-state index < -0.39 is 0 Å². The number of alkyl halides is 1. The van der Waals surface area contributed by atoms with Gasteiger partial charge in [-0.3, -0.25) is 0 Å². The van der Waals surface area contributed by atoms with Crippen molar-refractivity contribution in [3.63, 3.8) is 0 Å². The summed E-state index contributed by atoms with van der Waals surface area (Å²) in [5.74, 6) is 0.